The molecule has 0 unspecified atom stereocenters. The first-order valence-corrected chi connectivity index (χ1v) is 10.6. The molecule has 0 bridgehead atoms. The Morgan fingerprint density at radius 2 is 1.65 bits per heavy atom. The summed E-state index contributed by atoms with van der Waals surface area (Å²) < 4.78 is 25.7. The molecule has 1 atom stereocenters. The standard InChI is InChI=1S/C18H20Cl2N2O3S/c1-4-13-5-7-17(8-6-13)22(26(3,24)25)12(2)18(23)21-16-10-14(19)9-15(20)11-16/h5-12H,4H2,1-3H3,(H,21,23)/t12-/m1/s1. The fourth-order valence-electron chi connectivity index (χ4n) is 2.56. The van der Waals surface area contributed by atoms with E-state index in [1.54, 1.807) is 30.3 Å². The minimum Gasteiger partial charge on any atom is -0.324 e. The van der Waals surface area contributed by atoms with Crippen molar-refractivity contribution in [2.75, 3.05) is 15.9 Å². The van der Waals surface area contributed by atoms with Gasteiger partial charge in [0.2, 0.25) is 15.9 Å². The van der Waals surface area contributed by atoms with Gasteiger partial charge in [-0.1, -0.05) is 42.3 Å². The lowest BCUT2D eigenvalue weighted by Gasteiger charge is -2.28. The van der Waals surface area contributed by atoms with Crippen LogP contribution < -0.4 is 9.62 Å². The summed E-state index contributed by atoms with van der Waals surface area (Å²) in [6.45, 7) is 3.53. The maximum absolute atomic E-state index is 12.6. The number of nitrogens with zero attached hydrogens (tertiary/aromatic N) is 1. The van der Waals surface area contributed by atoms with Gasteiger partial charge in [0, 0.05) is 15.7 Å². The topological polar surface area (TPSA) is 66.5 Å². The number of sulfonamides is 1. The lowest BCUT2D eigenvalue weighted by Crippen LogP contribution is -2.45. The number of carbonyl (C=O) groups excluding carboxylic acids is 1. The first-order valence-electron chi connectivity index (χ1n) is 7.97. The zero-order chi connectivity index (χ0) is 19.5. The van der Waals surface area contributed by atoms with E-state index in [4.69, 9.17) is 23.2 Å². The molecule has 8 heteroatoms. The van der Waals surface area contributed by atoms with Gasteiger partial charge in [0.25, 0.3) is 0 Å². The number of carbonyl (C=O) groups is 1. The predicted molar refractivity (Wildman–Crippen MR) is 108 cm³/mol. The number of hydrogen-bond acceptors (Lipinski definition) is 3. The Hall–Kier alpha value is -1.76. The average molecular weight is 415 g/mol. The largest absolute Gasteiger partial charge is 0.324 e. The van der Waals surface area contributed by atoms with Crippen molar-refractivity contribution in [3.8, 4) is 0 Å². The van der Waals surface area contributed by atoms with Crippen LogP contribution in [0.15, 0.2) is 42.5 Å². The smallest absolute Gasteiger partial charge is 0.247 e. The van der Waals surface area contributed by atoms with Crippen LogP contribution in [0.5, 0.6) is 0 Å². The van der Waals surface area contributed by atoms with Crippen LogP contribution in [0.25, 0.3) is 0 Å². The quantitative estimate of drug-likeness (QED) is 0.763. The van der Waals surface area contributed by atoms with Gasteiger partial charge < -0.3 is 5.32 Å². The number of aryl methyl sites for hydroxylation is 1. The maximum Gasteiger partial charge on any atom is 0.247 e. The molecule has 0 aliphatic heterocycles. The zero-order valence-electron chi connectivity index (χ0n) is 14.7. The monoisotopic (exact) mass is 414 g/mol. The van der Waals surface area contributed by atoms with Gasteiger partial charge in [-0.2, -0.15) is 0 Å². The van der Waals surface area contributed by atoms with Gasteiger partial charge in [0.05, 0.1) is 11.9 Å². The van der Waals surface area contributed by atoms with Crippen molar-refractivity contribution in [2.45, 2.75) is 26.3 Å². The van der Waals surface area contributed by atoms with Crippen molar-refractivity contribution < 1.29 is 13.2 Å². The SMILES string of the molecule is CCc1ccc(N([C@H](C)C(=O)Nc2cc(Cl)cc(Cl)c2)S(C)(=O)=O)cc1. The van der Waals surface area contributed by atoms with Gasteiger partial charge in [-0.05, 0) is 49.2 Å². The second kappa shape index (κ2) is 8.29. The number of nitrogens with one attached hydrogen (secondary N) is 1. The molecule has 2 aromatic rings. The van der Waals surface area contributed by atoms with Gasteiger partial charge in [0.1, 0.15) is 6.04 Å². The van der Waals surface area contributed by atoms with Crippen LogP contribution in [0.2, 0.25) is 10.0 Å². The molecule has 0 heterocycles. The third-order valence-electron chi connectivity index (χ3n) is 3.82. The minimum atomic E-state index is -3.67. The van der Waals surface area contributed by atoms with Crippen LogP contribution in [0.1, 0.15) is 19.4 Å². The number of anilines is 2. The molecule has 2 rings (SSSR count). The van der Waals surface area contributed by atoms with Crippen molar-refractivity contribution in [3.05, 3.63) is 58.1 Å². The average Bonchev–Trinajstić information content (AvgIpc) is 2.53. The van der Waals surface area contributed by atoms with E-state index in [1.165, 1.54) is 6.92 Å². The van der Waals surface area contributed by atoms with Crippen molar-refractivity contribution in [1.29, 1.82) is 0 Å². The normalized spacial score (nSPS) is 12.5. The highest BCUT2D eigenvalue weighted by Crippen LogP contribution is 2.25. The van der Waals surface area contributed by atoms with E-state index in [1.807, 2.05) is 19.1 Å². The van der Waals surface area contributed by atoms with Crippen LogP contribution in [0.4, 0.5) is 11.4 Å². The molecule has 1 N–H and O–H groups in total. The van der Waals surface area contributed by atoms with Gasteiger partial charge in [-0.3, -0.25) is 9.10 Å². The zero-order valence-corrected chi connectivity index (χ0v) is 17.0. The Morgan fingerprint density at radius 3 is 2.12 bits per heavy atom. The summed E-state index contributed by atoms with van der Waals surface area (Å²) >= 11 is 11.9. The van der Waals surface area contributed by atoms with Crippen LogP contribution in [-0.2, 0) is 21.2 Å². The number of halogens is 2. The number of amides is 1. The number of benzene rings is 2. The van der Waals surface area contributed by atoms with Crippen LogP contribution in [0, 0.1) is 0 Å². The minimum absolute atomic E-state index is 0.371. The molecule has 1 amide bonds. The molecule has 0 spiro atoms. The van der Waals surface area contributed by atoms with E-state index in [0.717, 1.165) is 22.5 Å². The summed E-state index contributed by atoms with van der Waals surface area (Å²) in [6, 6.07) is 10.7. The fourth-order valence-corrected chi connectivity index (χ4v) is 4.26. The Morgan fingerprint density at radius 1 is 1.12 bits per heavy atom. The third-order valence-corrected chi connectivity index (χ3v) is 5.50. The molecule has 0 radical (unpaired) electrons. The molecule has 0 aliphatic rings. The van der Waals surface area contributed by atoms with Crippen molar-refractivity contribution >= 4 is 50.5 Å². The molecule has 2 aromatic carbocycles. The molecule has 0 fully saturated rings. The molecule has 0 saturated heterocycles. The molecule has 140 valence electrons. The van der Waals surface area contributed by atoms with Gasteiger partial charge in [-0.15, -0.1) is 0 Å². The number of hydrogen-bond donors (Lipinski definition) is 1. The van der Waals surface area contributed by atoms with Gasteiger partial charge >= 0.3 is 0 Å². The Balaban J connectivity index is 2.30. The highest BCUT2D eigenvalue weighted by atomic mass is 35.5. The summed E-state index contributed by atoms with van der Waals surface area (Å²) in [4.78, 5) is 12.6. The van der Waals surface area contributed by atoms with Crippen LogP contribution in [0.3, 0.4) is 0 Å². The van der Waals surface area contributed by atoms with E-state index >= 15 is 0 Å². The molecule has 0 aliphatic carbocycles. The highest BCUT2D eigenvalue weighted by molar-refractivity contribution is 7.92. The van der Waals surface area contributed by atoms with E-state index in [2.05, 4.69) is 5.32 Å². The summed E-state index contributed by atoms with van der Waals surface area (Å²) in [5.41, 5.74) is 1.90. The van der Waals surface area contributed by atoms with E-state index in [-0.39, 0.29) is 0 Å². The second-order valence-corrected chi connectivity index (χ2v) is 8.63. The molecule has 0 aromatic heterocycles. The van der Waals surface area contributed by atoms with Crippen molar-refractivity contribution in [2.24, 2.45) is 0 Å². The van der Waals surface area contributed by atoms with E-state index in [9.17, 15) is 13.2 Å². The highest BCUT2D eigenvalue weighted by Gasteiger charge is 2.29. The molecule has 0 saturated carbocycles. The summed E-state index contributed by atoms with van der Waals surface area (Å²) in [5.74, 6) is -0.492. The number of rotatable bonds is 6. The van der Waals surface area contributed by atoms with Crippen molar-refractivity contribution in [3.63, 3.8) is 0 Å². The third kappa shape index (κ3) is 5.13. The lowest BCUT2D eigenvalue weighted by molar-refractivity contribution is -0.116. The Labute approximate surface area is 164 Å². The van der Waals surface area contributed by atoms with Gasteiger partial charge in [-0.25, -0.2) is 8.42 Å². The Bertz CT molecular complexity index is 879. The summed E-state index contributed by atoms with van der Waals surface area (Å²) in [7, 11) is -3.67. The summed E-state index contributed by atoms with van der Waals surface area (Å²) in [5, 5.41) is 3.40. The maximum atomic E-state index is 12.6. The lowest BCUT2D eigenvalue weighted by atomic mass is 10.1. The second-order valence-electron chi connectivity index (χ2n) is 5.90. The van der Waals surface area contributed by atoms with Crippen LogP contribution in [-0.4, -0.2) is 26.6 Å². The van der Waals surface area contributed by atoms with Crippen molar-refractivity contribution in [1.82, 2.24) is 0 Å². The summed E-state index contributed by atoms with van der Waals surface area (Å²) in [6.07, 6.45) is 1.91. The van der Waals surface area contributed by atoms with E-state index in [0.29, 0.717) is 21.4 Å². The van der Waals surface area contributed by atoms with E-state index < -0.39 is 22.0 Å². The molecule has 26 heavy (non-hydrogen) atoms. The predicted octanol–water partition coefficient (Wildman–Crippen LogP) is 4.35. The first-order chi connectivity index (χ1) is 12.1. The molecular weight excluding hydrogens is 395 g/mol. The van der Waals surface area contributed by atoms with Crippen LogP contribution >= 0.6 is 23.2 Å². The Kier molecular flexibility index (Phi) is 6.55. The first kappa shape index (κ1) is 20.6. The molecule has 5 nitrogen and oxygen atoms in total. The fraction of sp³-hybridized carbons (Fsp3) is 0.278. The van der Waals surface area contributed by atoms with Gasteiger partial charge in [0.15, 0.2) is 0 Å². The molecular formula is C18H20Cl2N2O3S.